The van der Waals surface area contributed by atoms with Gasteiger partial charge in [0, 0.05) is 43.5 Å². The van der Waals surface area contributed by atoms with Crippen molar-refractivity contribution in [3.8, 4) is 0 Å². The van der Waals surface area contributed by atoms with E-state index in [1.807, 2.05) is 21.1 Å². The Bertz CT molecular complexity index is 1030. The van der Waals surface area contributed by atoms with E-state index in [0.29, 0.717) is 13.1 Å². The molecule has 3 heterocycles. The van der Waals surface area contributed by atoms with Crippen molar-refractivity contribution in [1.82, 2.24) is 14.7 Å². The molecule has 0 unspecified atom stereocenters. The molecule has 0 aliphatic carbocycles. The van der Waals surface area contributed by atoms with Crippen LogP contribution in [0.25, 0.3) is 0 Å². The van der Waals surface area contributed by atoms with Gasteiger partial charge in [-0.25, -0.2) is 0 Å². The van der Waals surface area contributed by atoms with Crippen molar-refractivity contribution in [1.29, 1.82) is 0 Å². The number of carbonyl (C=O) groups excluding carboxylic acids is 2. The van der Waals surface area contributed by atoms with E-state index >= 15 is 0 Å². The zero-order valence-electron chi connectivity index (χ0n) is 22.5. The number of benzene rings is 1. The lowest BCUT2D eigenvalue weighted by Gasteiger charge is -2.41. The Hall–Kier alpha value is -2.18. The number of thiophene rings is 1. The molecule has 5 nitrogen and oxygen atoms in total. The van der Waals surface area contributed by atoms with Gasteiger partial charge in [-0.2, -0.15) is 0 Å². The average Bonchev–Trinajstić information content (AvgIpc) is 3.24. The smallest absolute Gasteiger partial charge is 0.239 e. The summed E-state index contributed by atoms with van der Waals surface area (Å²) in [6.07, 6.45) is 5.94. The average molecular weight is 510 g/mol. The molecular formula is C30H43N3O2S. The van der Waals surface area contributed by atoms with Crippen molar-refractivity contribution in [3.05, 3.63) is 57.3 Å². The number of fused-ring (bicyclic) bond motifs is 1. The van der Waals surface area contributed by atoms with Gasteiger partial charge >= 0.3 is 0 Å². The van der Waals surface area contributed by atoms with E-state index in [0.717, 1.165) is 58.2 Å². The van der Waals surface area contributed by atoms with Gasteiger partial charge in [0.25, 0.3) is 0 Å². The zero-order valence-corrected chi connectivity index (χ0v) is 23.4. The first-order valence-electron chi connectivity index (χ1n) is 13.9. The highest BCUT2D eigenvalue weighted by atomic mass is 32.1. The van der Waals surface area contributed by atoms with Crippen LogP contribution in [0.5, 0.6) is 0 Å². The minimum Gasteiger partial charge on any atom is -0.341 e. The molecule has 2 amide bonds. The highest BCUT2D eigenvalue weighted by Gasteiger charge is 2.37. The third-order valence-electron chi connectivity index (χ3n) is 8.21. The van der Waals surface area contributed by atoms with Crippen molar-refractivity contribution in [2.24, 2.45) is 5.92 Å². The Labute approximate surface area is 221 Å². The minimum atomic E-state index is -0.210. The van der Waals surface area contributed by atoms with Crippen LogP contribution in [0.1, 0.15) is 80.5 Å². The molecule has 1 aromatic carbocycles. The van der Waals surface area contributed by atoms with Crippen LogP contribution < -0.4 is 0 Å². The Kier molecular flexibility index (Phi) is 9.24. The second-order valence-corrected chi connectivity index (χ2v) is 11.5. The van der Waals surface area contributed by atoms with Gasteiger partial charge in [-0.05, 0) is 67.7 Å². The predicted octanol–water partition coefficient (Wildman–Crippen LogP) is 5.67. The molecule has 0 bridgehead atoms. The van der Waals surface area contributed by atoms with E-state index in [-0.39, 0.29) is 29.8 Å². The fourth-order valence-electron chi connectivity index (χ4n) is 5.97. The summed E-state index contributed by atoms with van der Waals surface area (Å²) in [6.45, 7) is 12.2. The molecule has 0 radical (unpaired) electrons. The van der Waals surface area contributed by atoms with Gasteiger partial charge in [-0.15, -0.1) is 11.3 Å². The molecule has 1 saturated heterocycles. The number of aryl methyl sites for hydroxylation is 1. The molecule has 2 aromatic rings. The molecule has 2 aliphatic rings. The first kappa shape index (κ1) is 26.9. The molecule has 0 N–H and O–H groups in total. The summed E-state index contributed by atoms with van der Waals surface area (Å²) in [6, 6.07) is 10.7. The Morgan fingerprint density at radius 1 is 0.972 bits per heavy atom. The topological polar surface area (TPSA) is 43.9 Å². The number of nitrogens with zero attached hydrogens (tertiary/aromatic N) is 3. The van der Waals surface area contributed by atoms with E-state index in [2.05, 4.69) is 68.3 Å². The van der Waals surface area contributed by atoms with Crippen LogP contribution in [-0.2, 0) is 16.0 Å². The van der Waals surface area contributed by atoms with E-state index < -0.39 is 0 Å². The molecule has 0 spiro atoms. The number of hydrogen-bond donors (Lipinski definition) is 0. The molecule has 1 fully saturated rings. The van der Waals surface area contributed by atoms with Gasteiger partial charge in [0.1, 0.15) is 0 Å². The third kappa shape index (κ3) is 5.70. The summed E-state index contributed by atoms with van der Waals surface area (Å²) in [5.41, 5.74) is 3.91. The molecule has 36 heavy (non-hydrogen) atoms. The summed E-state index contributed by atoms with van der Waals surface area (Å²) in [7, 11) is 0. The molecule has 196 valence electrons. The lowest BCUT2D eigenvalue weighted by atomic mass is 9.89. The fourth-order valence-corrected chi connectivity index (χ4v) is 6.87. The lowest BCUT2D eigenvalue weighted by Crippen LogP contribution is -2.51. The van der Waals surface area contributed by atoms with Crippen LogP contribution in [0.4, 0.5) is 0 Å². The standard InChI is InChI=1S/C30H43N3O2S/c1-5-7-12-24(6-2)30(35)32-17-10-16-31(19-20-32)29(34)23(4)33-18-14-27-26(15-21-36-27)28(33)25-13-9-8-11-22(25)3/h8-9,11,13,15,21,23-24,28H,5-7,10,12,14,16-20H2,1-4H3/t23-,24-,28-/m0/s1. The summed E-state index contributed by atoms with van der Waals surface area (Å²) < 4.78 is 0. The second-order valence-electron chi connectivity index (χ2n) is 10.5. The van der Waals surface area contributed by atoms with Gasteiger partial charge in [-0.1, -0.05) is 51.0 Å². The maximum atomic E-state index is 13.9. The highest BCUT2D eigenvalue weighted by molar-refractivity contribution is 7.10. The lowest BCUT2D eigenvalue weighted by molar-refractivity contribution is -0.139. The van der Waals surface area contributed by atoms with Gasteiger partial charge < -0.3 is 9.80 Å². The van der Waals surface area contributed by atoms with Crippen LogP contribution in [0.15, 0.2) is 35.7 Å². The first-order valence-corrected chi connectivity index (χ1v) is 14.8. The summed E-state index contributed by atoms with van der Waals surface area (Å²) in [4.78, 5) is 34.9. The Balaban J connectivity index is 1.47. The molecule has 4 rings (SSSR count). The van der Waals surface area contributed by atoms with Crippen LogP contribution in [0, 0.1) is 12.8 Å². The van der Waals surface area contributed by atoms with Gasteiger partial charge in [-0.3, -0.25) is 14.5 Å². The maximum absolute atomic E-state index is 13.9. The van der Waals surface area contributed by atoms with Crippen molar-refractivity contribution in [2.45, 2.75) is 78.3 Å². The van der Waals surface area contributed by atoms with Crippen LogP contribution in [-0.4, -0.2) is 65.3 Å². The van der Waals surface area contributed by atoms with E-state index in [1.165, 1.54) is 21.6 Å². The summed E-state index contributed by atoms with van der Waals surface area (Å²) >= 11 is 1.83. The van der Waals surface area contributed by atoms with Crippen LogP contribution in [0.2, 0.25) is 0 Å². The molecule has 0 saturated carbocycles. The van der Waals surface area contributed by atoms with Crippen LogP contribution >= 0.6 is 11.3 Å². The fraction of sp³-hybridized carbons (Fsp3) is 0.600. The van der Waals surface area contributed by atoms with Crippen molar-refractivity contribution in [3.63, 3.8) is 0 Å². The van der Waals surface area contributed by atoms with Gasteiger partial charge in [0.2, 0.25) is 11.8 Å². The summed E-state index contributed by atoms with van der Waals surface area (Å²) in [5, 5.41) is 2.19. The molecule has 1 aromatic heterocycles. The van der Waals surface area contributed by atoms with E-state index in [9.17, 15) is 9.59 Å². The van der Waals surface area contributed by atoms with E-state index in [1.54, 1.807) is 0 Å². The maximum Gasteiger partial charge on any atom is 0.239 e. The molecular weight excluding hydrogens is 466 g/mol. The second kappa shape index (κ2) is 12.4. The monoisotopic (exact) mass is 509 g/mol. The van der Waals surface area contributed by atoms with E-state index in [4.69, 9.17) is 0 Å². The predicted molar refractivity (Wildman–Crippen MR) is 148 cm³/mol. The highest BCUT2D eigenvalue weighted by Crippen LogP contribution is 2.40. The van der Waals surface area contributed by atoms with Crippen molar-refractivity contribution < 1.29 is 9.59 Å². The van der Waals surface area contributed by atoms with Gasteiger partial charge in [0.05, 0.1) is 12.1 Å². The zero-order chi connectivity index (χ0) is 25.7. The number of rotatable bonds is 8. The normalized spacial score (nSPS) is 20.5. The van der Waals surface area contributed by atoms with Gasteiger partial charge in [0.15, 0.2) is 0 Å². The van der Waals surface area contributed by atoms with Crippen molar-refractivity contribution >= 4 is 23.2 Å². The Morgan fingerprint density at radius 3 is 2.39 bits per heavy atom. The number of unbranched alkanes of at least 4 members (excludes halogenated alkanes) is 1. The first-order chi connectivity index (χ1) is 17.5. The quantitative estimate of drug-likeness (QED) is 0.461. The molecule has 2 aliphatic heterocycles. The minimum absolute atomic E-state index is 0.106. The SMILES string of the molecule is CCCC[C@H](CC)C(=O)N1CCCN(C(=O)[C@H](C)N2CCc3sccc3[C@@H]2c2ccccc2C)CC1. The number of carbonyl (C=O) groups is 2. The number of amides is 2. The molecule has 3 atom stereocenters. The Morgan fingerprint density at radius 2 is 1.69 bits per heavy atom. The third-order valence-corrected chi connectivity index (χ3v) is 9.21. The van der Waals surface area contributed by atoms with Crippen molar-refractivity contribution in [2.75, 3.05) is 32.7 Å². The van der Waals surface area contributed by atoms with Crippen LogP contribution in [0.3, 0.4) is 0 Å². The molecule has 6 heteroatoms. The largest absolute Gasteiger partial charge is 0.341 e. The summed E-state index contributed by atoms with van der Waals surface area (Å²) in [5.74, 6) is 0.600. The number of hydrogen-bond acceptors (Lipinski definition) is 4.